The van der Waals surface area contributed by atoms with Crippen molar-refractivity contribution in [1.82, 2.24) is 0 Å². The highest BCUT2D eigenvalue weighted by Crippen LogP contribution is 2.16. The summed E-state index contributed by atoms with van der Waals surface area (Å²) in [5, 5.41) is 11.5. The van der Waals surface area contributed by atoms with Crippen molar-refractivity contribution in [2.24, 2.45) is 0 Å². The van der Waals surface area contributed by atoms with E-state index < -0.39 is 0 Å². The van der Waals surface area contributed by atoms with Crippen LogP contribution in [-0.4, -0.2) is 12.5 Å². The van der Waals surface area contributed by atoms with E-state index in [1.165, 1.54) is 0 Å². The molecule has 1 N–H and O–H groups in total. The molecule has 0 bridgehead atoms. The van der Waals surface area contributed by atoms with E-state index in [1.807, 2.05) is 43.3 Å². The summed E-state index contributed by atoms with van der Waals surface area (Å²) in [7, 11) is 0. The molecule has 4 nitrogen and oxygen atoms in total. The molecule has 0 spiro atoms. The zero-order valence-corrected chi connectivity index (χ0v) is 12.5. The first kappa shape index (κ1) is 15.6. The van der Waals surface area contributed by atoms with Gasteiger partial charge in [0, 0.05) is 5.69 Å². The van der Waals surface area contributed by atoms with Crippen molar-refractivity contribution in [1.29, 1.82) is 5.26 Å². The van der Waals surface area contributed by atoms with Gasteiger partial charge in [0.25, 0.3) is 5.91 Å². The number of para-hydroxylation sites is 1. The molecule has 0 fully saturated rings. The van der Waals surface area contributed by atoms with Crippen LogP contribution < -0.4 is 10.1 Å². The lowest BCUT2D eigenvalue weighted by atomic mass is 10.1. The van der Waals surface area contributed by atoms with Gasteiger partial charge in [0.05, 0.1) is 12.5 Å². The Morgan fingerprint density at radius 3 is 2.59 bits per heavy atom. The minimum atomic E-state index is -0.193. The Morgan fingerprint density at radius 2 is 1.91 bits per heavy atom. The second kappa shape index (κ2) is 7.84. The third kappa shape index (κ3) is 4.35. The summed E-state index contributed by atoms with van der Waals surface area (Å²) < 4.78 is 5.45. The number of aryl methyl sites for hydroxylation is 1. The molecule has 112 valence electrons. The zero-order valence-electron chi connectivity index (χ0n) is 12.5. The van der Waals surface area contributed by atoms with Crippen LogP contribution in [0.4, 0.5) is 5.69 Å². The summed E-state index contributed by atoms with van der Waals surface area (Å²) in [5.41, 5.74) is 2.84. The van der Waals surface area contributed by atoms with Crippen LogP contribution in [0.25, 0.3) is 0 Å². The van der Waals surface area contributed by atoms with E-state index in [4.69, 9.17) is 10.00 Å². The van der Waals surface area contributed by atoms with Crippen molar-refractivity contribution < 1.29 is 9.53 Å². The molecule has 0 heterocycles. The molecule has 1 amide bonds. The van der Waals surface area contributed by atoms with Crippen LogP contribution in [0.2, 0.25) is 0 Å². The Kier molecular flexibility index (Phi) is 5.56. The second-order valence-electron chi connectivity index (χ2n) is 4.83. The predicted octanol–water partition coefficient (Wildman–Crippen LogP) is 3.33. The average molecular weight is 294 g/mol. The van der Waals surface area contributed by atoms with Crippen molar-refractivity contribution in [3.05, 3.63) is 59.7 Å². The van der Waals surface area contributed by atoms with Gasteiger partial charge in [-0.2, -0.15) is 5.26 Å². The maximum absolute atomic E-state index is 11.9. The van der Waals surface area contributed by atoms with Crippen LogP contribution in [0.5, 0.6) is 5.75 Å². The number of benzene rings is 2. The molecule has 0 saturated carbocycles. The lowest BCUT2D eigenvalue weighted by Gasteiger charge is -2.10. The average Bonchev–Trinajstić information content (AvgIpc) is 2.55. The summed E-state index contributed by atoms with van der Waals surface area (Å²) >= 11 is 0. The monoisotopic (exact) mass is 294 g/mol. The largest absolute Gasteiger partial charge is 0.484 e. The van der Waals surface area contributed by atoms with Gasteiger partial charge in [0.15, 0.2) is 6.61 Å². The number of hydrogen-bond donors (Lipinski definition) is 1. The van der Waals surface area contributed by atoms with Crippen molar-refractivity contribution in [3.8, 4) is 11.8 Å². The number of nitrogens with zero attached hydrogens (tertiary/aromatic N) is 1. The third-order valence-corrected chi connectivity index (χ3v) is 3.25. The molecule has 0 radical (unpaired) electrons. The summed E-state index contributed by atoms with van der Waals surface area (Å²) in [4.78, 5) is 11.9. The number of nitrogens with one attached hydrogen (secondary N) is 1. The SMILES string of the molecule is CCc1ccccc1NC(=O)COc1ccc(CC#N)cc1. The van der Waals surface area contributed by atoms with Crippen LogP contribution in [0.15, 0.2) is 48.5 Å². The maximum atomic E-state index is 11.9. The van der Waals surface area contributed by atoms with Crippen molar-refractivity contribution in [2.45, 2.75) is 19.8 Å². The van der Waals surface area contributed by atoms with E-state index in [0.717, 1.165) is 23.2 Å². The topological polar surface area (TPSA) is 62.1 Å². The summed E-state index contributed by atoms with van der Waals surface area (Å²) in [6, 6.07) is 17.0. The molecular formula is C18H18N2O2. The van der Waals surface area contributed by atoms with Gasteiger partial charge in [-0.25, -0.2) is 0 Å². The quantitative estimate of drug-likeness (QED) is 0.888. The van der Waals surface area contributed by atoms with Crippen LogP contribution >= 0.6 is 0 Å². The van der Waals surface area contributed by atoms with Gasteiger partial charge in [0.2, 0.25) is 0 Å². The van der Waals surface area contributed by atoms with Gasteiger partial charge in [-0.15, -0.1) is 0 Å². The standard InChI is InChI=1S/C18H18N2O2/c1-2-15-5-3-4-6-17(15)20-18(21)13-22-16-9-7-14(8-10-16)11-12-19/h3-10H,2,11,13H2,1H3,(H,20,21). The molecule has 2 rings (SSSR count). The normalized spacial score (nSPS) is 9.82. The maximum Gasteiger partial charge on any atom is 0.262 e. The molecule has 0 aromatic heterocycles. The fourth-order valence-corrected chi connectivity index (χ4v) is 2.08. The zero-order chi connectivity index (χ0) is 15.8. The lowest BCUT2D eigenvalue weighted by molar-refractivity contribution is -0.118. The Hall–Kier alpha value is -2.80. The fourth-order valence-electron chi connectivity index (χ4n) is 2.08. The first-order chi connectivity index (χ1) is 10.7. The van der Waals surface area contributed by atoms with E-state index in [9.17, 15) is 4.79 Å². The Labute approximate surface area is 130 Å². The number of nitriles is 1. The first-order valence-electron chi connectivity index (χ1n) is 7.19. The number of amides is 1. The molecule has 0 unspecified atom stereocenters. The van der Waals surface area contributed by atoms with Crippen LogP contribution in [-0.2, 0) is 17.6 Å². The number of anilines is 1. The minimum absolute atomic E-state index is 0.0460. The van der Waals surface area contributed by atoms with Gasteiger partial charge in [-0.1, -0.05) is 37.3 Å². The molecule has 22 heavy (non-hydrogen) atoms. The molecule has 0 aliphatic carbocycles. The molecule has 2 aromatic rings. The van der Waals surface area contributed by atoms with E-state index in [0.29, 0.717) is 12.2 Å². The van der Waals surface area contributed by atoms with Crippen molar-refractivity contribution >= 4 is 11.6 Å². The van der Waals surface area contributed by atoms with Gasteiger partial charge in [0.1, 0.15) is 5.75 Å². The Morgan fingerprint density at radius 1 is 1.18 bits per heavy atom. The van der Waals surface area contributed by atoms with E-state index in [-0.39, 0.29) is 12.5 Å². The number of ether oxygens (including phenoxy) is 1. The Balaban J connectivity index is 1.88. The third-order valence-electron chi connectivity index (χ3n) is 3.25. The number of carbonyl (C=O) groups excluding carboxylic acids is 1. The van der Waals surface area contributed by atoms with E-state index in [2.05, 4.69) is 11.4 Å². The van der Waals surface area contributed by atoms with E-state index >= 15 is 0 Å². The van der Waals surface area contributed by atoms with Gasteiger partial charge < -0.3 is 10.1 Å². The molecule has 0 saturated heterocycles. The fraction of sp³-hybridized carbons (Fsp3) is 0.222. The predicted molar refractivity (Wildman–Crippen MR) is 85.7 cm³/mol. The molecule has 0 aliphatic rings. The van der Waals surface area contributed by atoms with Crippen molar-refractivity contribution in [3.63, 3.8) is 0 Å². The highest BCUT2D eigenvalue weighted by atomic mass is 16.5. The molecule has 2 aromatic carbocycles. The molecule has 0 atom stereocenters. The molecular weight excluding hydrogens is 276 g/mol. The number of carbonyl (C=O) groups is 1. The molecule has 0 aliphatic heterocycles. The lowest BCUT2D eigenvalue weighted by Crippen LogP contribution is -2.20. The van der Waals surface area contributed by atoms with Gasteiger partial charge in [-0.3, -0.25) is 4.79 Å². The van der Waals surface area contributed by atoms with Gasteiger partial charge in [-0.05, 0) is 35.7 Å². The van der Waals surface area contributed by atoms with Crippen LogP contribution in [0, 0.1) is 11.3 Å². The number of hydrogen-bond acceptors (Lipinski definition) is 3. The highest BCUT2D eigenvalue weighted by molar-refractivity contribution is 5.92. The van der Waals surface area contributed by atoms with E-state index in [1.54, 1.807) is 12.1 Å². The van der Waals surface area contributed by atoms with Crippen molar-refractivity contribution in [2.75, 3.05) is 11.9 Å². The second-order valence-corrected chi connectivity index (χ2v) is 4.83. The smallest absolute Gasteiger partial charge is 0.262 e. The number of rotatable bonds is 6. The van der Waals surface area contributed by atoms with Crippen LogP contribution in [0.1, 0.15) is 18.1 Å². The van der Waals surface area contributed by atoms with Gasteiger partial charge >= 0.3 is 0 Å². The summed E-state index contributed by atoms with van der Waals surface area (Å²) in [6.07, 6.45) is 1.23. The summed E-state index contributed by atoms with van der Waals surface area (Å²) in [6.45, 7) is 2.00. The summed E-state index contributed by atoms with van der Waals surface area (Å²) in [5.74, 6) is 0.419. The minimum Gasteiger partial charge on any atom is -0.484 e. The van der Waals surface area contributed by atoms with Crippen LogP contribution in [0.3, 0.4) is 0 Å². The molecule has 4 heteroatoms. The first-order valence-corrected chi connectivity index (χ1v) is 7.19. The highest BCUT2D eigenvalue weighted by Gasteiger charge is 2.06. The Bertz CT molecular complexity index is 672.